The molecule has 0 bridgehead atoms. The smallest absolute Gasteiger partial charge is 0.193 e. The van der Waals surface area contributed by atoms with E-state index in [0.717, 1.165) is 38.6 Å². The molecule has 0 amide bonds. The highest BCUT2D eigenvalue weighted by Gasteiger charge is 2.40. The number of guanidine groups is 1. The lowest BCUT2D eigenvalue weighted by molar-refractivity contribution is 0.298. The molecule has 1 saturated heterocycles. The van der Waals surface area contributed by atoms with Crippen molar-refractivity contribution < 1.29 is 8.42 Å². The van der Waals surface area contributed by atoms with E-state index in [1.165, 1.54) is 0 Å². The molecule has 1 rings (SSSR count). The number of hydrogen-bond donors (Lipinski definition) is 1. The lowest BCUT2D eigenvalue weighted by Gasteiger charge is -2.39. The molecule has 0 atom stereocenters. The van der Waals surface area contributed by atoms with Crippen LogP contribution in [0.1, 0.15) is 34.1 Å². The van der Waals surface area contributed by atoms with Crippen molar-refractivity contribution >= 4 is 39.8 Å². The van der Waals surface area contributed by atoms with Crippen LogP contribution in [0.2, 0.25) is 0 Å². The van der Waals surface area contributed by atoms with E-state index in [0.29, 0.717) is 13.1 Å². The van der Waals surface area contributed by atoms with E-state index >= 15 is 0 Å². The Morgan fingerprint density at radius 2 is 1.91 bits per heavy atom. The Hall–Kier alpha value is -0.0900. The maximum atomic E-state index is 12.1. The summed E-state index contributed by atoms with van der Waals surface area (Å²) in [5.74, 6) is 1.00. The molecule has 0 aromatic carbocycles. The Morgan fingerprint density at radius 3 is 2.39 bits per heavy atom. The highest BCUT2D eigenvalue weighted by Crippen LogP contribution is 2.23. The van der Waals surface area contributed by atoms with Gasteiger partial charge in [0.05, 0.1) is 10.5 Å². The largest absolute Gasteiger partial charge is 0.356 e. The number of aliphatic imine (C=N–C) groups is 1. The van der Waals surface area contributed by atoms with Crippen LogP contribution in [0.3, 0.4) is 0 Å². The summed E-state index contributed by atoms with van der Waals surface area (Å²) in [7, 11) is -1.26. The molecule has 0 unspecified atom stereocenters. The van der Waals surface area contributed by atoms with Gasteiger partial charge >= 0.3 is 0 Å². The Morgan fingerprint density at radius 1 is 1.30 bits per heavy atom. The second-order valence-electron chi connectivity index (χ2n) is 6.35. The van der Waals surface area contributed by atoms with Crippen molar-refractivity contribution in [1.29, 1.82) is 0 Å². The van der Waals surface area contributed by atoms with Gasteiger partial charge in [-0.1, -0.05) is 13.8 Å². The normalized spacial score (nSPS) is 20.3. The van der Waals surface area contributed by atoms with E-state index in [9.17, 15) is 8.42 Å². The van der Waals surface area contributed by atoms with Crippen LogP contribution in [0.4, 0.5) is 0 Å². The minimum absolute atomic E-state index is 0. The molecule has 23 heavy (non-hydrogen) atoms. The fourth-order valence-corrected chi connectivity index (χ4v) is 4.07. The summed E-state index contributed by atoms with van der Waals surface area (Å²) >= 11 is 0. The molecule has 138 valence electrons. The Labute approximate surface area is 159 Å². The van der Waals surface area contributed by atoms with Gasteiger partial charge in [-0.15, -0.1) is 24.0 Å². The molecule has 0 aromatic rings. The molecule has 1 N–H and O–H groups in total. The number of sulfone groups is 1. The van der Waals surface area contributed by atoms with E-state index in [1.807, 2.05) is 0 Å². The van der Waals surface area contributed by atoms with Gasteiger partial charge in [0, 0.05) is 26.7 Å². The lowest BCUT2D eigenvalue weighted by Crippen LogP contribution is -2.57. The van der Waals surface area contributed by atoms with Crippen LogP contribution < -0.4 is 5.32 Å². The number of hydrogen-bond acceptors (Lipinski definition) is 4. The maximum absolute atomic E-state index is 12.1. The summed E-state index contributed by atoms with van der Waals surface area (Å²) in [6.07, 6.45) is 1.05. The summed E-state index contributed by atoms with van der Waals surface area (Å²) in [5, 5.41) is 3.36. The van der Waals surface area contributed by atoms with Crippen molar-refractivity contribution in [2.24, 2.45) is 4.99 Å². The van der Waals surface area contributed by atoms with Gasteiger partial charge in [-0.05, 0) is 39.9 Å². The van der Waals surface area contributed by atoms with E-state index in [1.54, 1.807) is 20.9 Å². The van der Waals surface area contributed by atoms with Crippen molar-refractivity contribution in [3.63, 3.8) is 0 Å². The number of nitrogens with one attached hydrogen (secondary N) is 1. The first-order valence-electron chi connectivity index (χ1n) is 8.17. The minimum atomic E-state index is -3.01. The van der Waals surface area contributed by atoms with Crippen LogP contribution in [-0.2, 0) is 9.84 Å². The standard InChI is InChI=1S/C15H32N4O2S.HI/c1-6-18(7-2)10-8-9-17-14(16-5)19-11-12-22(20,21)15(3,4)13-19;/h6-13H2,1-5H3,(H,16,17);1H. The third kappa shape index (κ3) is 6.38. The molecule has 1 aliphatic heterocycles. The second kappa shape index (κ2) is 10.0. The predicted molar refractivity (Wildman–Crippen MR) is 109 cm³/mol. The van der Waals surface area contributed by atoms with Crippen LogP contribution >= 0.6 is 24.0 Å². The summed E-state index contributed by atoms with van der Waals surface area (Å²) in [6.45, 7) is 13.0. The van der Waals surface area contributed by atoms with Crippen molar-refractivity contribution in [2.75, 3.05) is 52.1 Å². The number of nitrogens with zero attached hydrogens (tertiary/aromatic N) is 3. The summed E-state index contributed by atoms with van der Waals surface area (Å²) in [6, 6.07) is 0. The van der Waals surface area contributed by atoms with Gasteiger partial charge in [0.2, 0.25) is 0 Å². The first kappa shape index (κ1) is 22.9. The van der Waals surface area contributed by atoms with Gasteiger partial charge in [0.15, 0.2) is 15.8 Å². The van der Waals surface area contributed by atoms with E-state index in [-0.39, 0.29) is 29.7 Å². The zero-order chi connectivity index (χ0) is 16.8. The molecule has 1 heterocycles. The fraction of sp³-hybridized carbons (Fsp3) is 0.933. The molecule has 1 aliphatic rings. The Kier molecular flexibility index (Phi) is 9.99. The lowest BCUT2D eigenvalue weighted by atomic mass is 10.2. The molecule has 0 aliphatic carbocycles. The monoisotopic (exact) mass is 460 g/mol. The Bertz CT molecular complexity index is 476. The zero-order valence-corrected chi connectivity index (χ0v) is 18.3. The quantitative estimate of drug-likeness (QED) is 0.281. The molecular weight excluding hydrogens is 427 g/mol. The van der Waals surface area contributed by atoms with Gasteiger partial charge in [-0.3, -0.25) is 4.99 Å². The minimum Gasteiger partial charge on any atom is -0.356 e. The van der Waals surface area contributed by atoms with Gasteiger partial charge < -0.3 is 15.1 Å². The molecule has 0 saturated carbocycles. The molecule has 0 radical (unpaired) electrons. The van der Waals surface area contributed by atoms with Crippen LogP contribution in [-0.4, -0.2) is 81.0 Å². The van der Waals surface area contributed by atoms with Gasteiger partial charge in [0.25, 0.3) is 0 Å². The topological polar surface area (TPSA) is 65.0 Å². The Balaban J connectivity index is 0.00000484. The fourth-order valence-electron chi connectivity index (χ4n) is 2.70. The predicted octanol–water partition coefficient (Wildman–Crippen LogP) is 1.42. The van der Waals surface area contributed by atoms with Crippen LogP contribution in [0.15, 0.2) is 4.99 Å². The van der Waals surface area contributed by atoms with Crippen LogP contribution in [0.25, 0.3) is 0 Å². The highest BCUT2D eigenvalue weighted by molar-refractivity contribution is 14.0. The first-order valence-corrected chi connectivity index (χ1v) is 9.83. The summed E-state index contributed by atoms with van der Waals surface area (Å²) < 4.78 is 23.4. The van der Waals surface area contributed by atoms with Crippen molar-refractivity contribution in [3.05, 3.63) is 0 Å². The maximum Gasteiger partial charge on any atom is 0.193 e. The zero-order valence-electron chi connectivity index (χ0n) is 15.1. The van der Waals surface area contributed by atoms with Crippen molar-refractivity contribution in [3.8, 4) is 0 Å². The van der Waals surface area contributed by atoms with Crippen LogP contribution in [0, 0.1) is 0 Å². The molecular formula is C15H33IN4O2S. The van der Waals surface area contributed by atoms with E-state index in [2.05, 4.69) is 34.0 Å². The average Bonchev–Trinajstić information content (AvgIpc) is 2.46. The van der Waals surface area contributed by atoms with Crippen LogP contribution in [0.5, 0.6) is 0 Å². The van der Waals surface area contributed by atoms with Crippen molar-refractivity contribution in [2.45, 2.75) is 38.9 Å². The second-order valence-corrected chi connectivity index (χ2v) is 9.10. The van der Waals surface area contributed by atoms with Gasteiger partial charge in [0.1, 0.15) is 0 Å². The third-order valence-electron chi connectivity index (χ3n) is 4.38. The summed E-state index contributed by atoms with van der Waals surface area (Å²) in [5.41, 5.74) is 0. The number of rotatable bonds is 6. The molecule has 0 spiro atoms. The first-order chi connectivity index (χ1) is 10.3. The third-order valence-corrected chi connectivity index (χ3v) is 6.92. The average molecular weight is 460 g/mol. The summed E-state index contributed by atoms with van der Waals surface area (Å²) in [4.78, 5) is 8.75. The van der Waals surface area contributed by atoms with E-state index in [4.69, 9.17) is 0 Å². The molecule has 0 aromatic heterocycles. The number of halogens is 1. The molecule has 8 heteroatoms. The highest BCUT2D eigenvalue weighted by atomic mass is 127. The van der Waals surface area contributed by atoms with Crippen molar-refractivity contribution in [1.82, 2.24) is 15.1 Å². The molecule has 6 nitrogen and oxygen atoms in total. The van der Waals surface area contributed by atoms with E-state index < -0.39 is 14.6 Å². The SMILES string of the molecule is CCN(CC)CCCNC(=NC)N1CCS(=O)(=O)C(C)(C)C1.I. The van der Waals surface area contributed by atoms with Gasteiger partial charge in [-0.2, -0.15) is 0 Å². The molecule has 1 fully saturated rings. The van der Waals surface area contributed by atoms with Gasteiger partial charge in [-0.25, -0.2) is 8.42 Å².